The molecule has 0 spiro atoms. The van der Waals surface area contributed by atoms with Gasteiger partial charge in [-0.1, -0.05) is 24.8 Å². The predicted molar refractivity (Wildman–Crippen MR) is 77.8 cm³/mol. The van der Waals surface area contributed by atoms with Crippen molar-refractivity contribution in [1.82, 2.24) is 0 Å². The van der Waals surface area contributed by atoms with Gasteiger partial charge in [0.2, 0.25) is 0 Å². The Balaban J connectivity index is 2.45. The molecule has 0 unspecified atom stereocenters. The Morgan fingerprint density at radius 1 is 1.30 bits per heavy atom. The fourth-order valence-corrected chi connectivity index (χ4v) is 1.42. The van der Waals surface area contributed by atoms with Gasteiger partial charge in [-0.2, -0.15) is 0 Å². The molecule has 0 heterocycles. The van der Waals surface area contributed by atoms with Crippen LogP contribution in [0.5, 0.6) is 0 Å². The van der Waals surface area contributed by atoms with Gasteiger partial charge in [-0.3, -0.25) is 0 Å². The van der Waals surface area contributed by atoms with E-state index in [1.54, 1.807) is 18.2 Å². The molecule has 4 heteroatoms. The number of allylic oxidation sites excluding steroid dienone is 3. The van der Waals surface area contributed by atoms with Crippen molar-refractivity contribution < 1.29 is 19.6 Å². The maximum absolute atomic E-state index is 11.3. The third-order valence-electron chi connectivity index (χ3n) is 2.50. The quantitative estimate of drug-likeness (QED) is 0.468. The van der Waals surface area contributed by atoms with Crippen LogP contribution in [0.15, 0.2) is 61.0 Å². The molecule has 0 aliphatic rings. The molecule has 1 rings (SSSR count). The summed E-state index contributed by atoms with van der Waals surface area (Å²) < 4.78 is 10.1. The van der Waals surface area contributed by atoms with E-state index in [1.807, 2.05) is 42.8 Å². The Morgan fingerprint density at radius 3 is 2.60 bits per heavy atom. The molecule has 2 N–H and O–H groups in total. The van der Waals surface area contributed by atoms with E-state index in [-0.39, 0.29) is 5.97 Å². The molecule has 0 aliphatic heterocycles. The Morgan fingerprint density at radius 2 is 2.00 bits per heavy atom. The third-order valence-corrected chi connectivity index (χ3v) is 2.50. The molecule has 0 radical (unpaired) electrons. The van der Waals surface area contributed by atoms with Gasteiger partial charge in [-0.25, -0.2) is 4.79 Å². The van der Waals surface area contributed by atoms with Crippen molar-refractivity contribution in [2.24, 2.45) is 0 Å². The topological polar surface area (TPSA) is 52.1 Å². The van der Waals surface area contributed by atoms with Gasteiger partial charge < -0.3 is 14.8 Å². The minimum absolute atomic E-state index is 0.343. The van der Waals surface area contributed by atoms with Crippen molar-refractivity contribution in [3.8, 4) is 0 Å². The summed E-state index contributed by atoms with van der Waals surface area (Å²) in [5.74, 6) is 0.243. The van der Waals surface area contributed by atoms with Crippen LogP contribution in [-0.4, -0.2) is 20.1 Å². The lowest BCUT2D eigenvalue weighted by molar-refractivity contribution is -0.556. The normalized spacial score (nSPS) is 10.9. The zero-order chi connectivity index (χ0) is 14.8. The van der Waals surface area contributed by atoms with Gasteiger partial charge >= 0.3 is 5.97 Å². The summed E-state index contributed by atoms with van der Waals surface area (Å²) in [5, 5.41) is 1.94. The second-order valence-corrected chi connectivity index (χ2v) is 4.02. The van der Waals surface area contributed by atoms with E-state index in [4.69, 9.17) is 4.74 Å². The van der Waals surface area contributed by atoms with Crippen molar-refractivity contribution >= 4 is 5.97 Å². The summed E-state index contributed by atoms with van der Waals surface area (Å²) in [6.45, 7) is 4.21. The summed E-state index contributed by atoms with van der Waals surface area (Å²) >= 11 is 0. The van der Waals surface area contributed by atoms with Crippen LogP contribution in [0.25, 0.3) is 0 Å². The number of nitrogens with two attached hydrogens (primary N) is 1. The summed E-state index contributed by atoms with van der Waals surface area (Å²) in [4.78, 5) is 11.3. The number of methoxy groups -OCH3 is 1. The van der Waals surface area contributed by atoms with Crippen LogP contribution in [0, 0.1) is 0 Å². The van der Waals surface area contributed by atoms with Crippen molar-refractivity contribution in [2.75, 3.05) is 14.2 Å². The van der Waals surface area contributed by atoms with Gasteiger partial charge in [0.15, 0.2) is 0 Å². The summed E-state index contributed by atoms with van der Waals surface area (Å²) in [6, 6.07) is 7.08. The van der Waals surface area contributed by atoms with E-state index < -0.39 is 0 Å². The van der Waals surface area contributed by atoms with Crippen molar-refractivity contribution in [1.29, 1.82) is 0 Å². The maximum Gasteiger partial charge on any atom is 0.337 e. The molecule has 0 atom stereocenters. The van der Waals surface area contributed by atoms with Crippen molar-refractivity contribution in [2.45, 2.75) is 6.61 Å². The molecule has 1 aromatic rings. The zero-order valence-electron chi connectivity index (χ0n) is 11.8. The molecule has 0 aromatic heterocycles. The van der Waals surface area contributed by atoms with E-state index in [2.05, 4.69) is 11.3 Å². The van der Waals surface area contributed by atoms with Crippen molar-refractivity contribution in [3.05, 3.63) is 72.2 Å². The Bertz CT molecular complexity index is 501. The monoisotopic (exact) mass is 274 g/mol. The van der Waals surface area contributed by atoms with Crippen LogP contribution >= 0.6 is 0 Å². The molecule has 4 nitrogen and oxygen atoms in total. The second kappa shape index (κ2) is 8.72. The van der Waals surface area contributed by atoms with Gasteiger partial charge in [0.1, 0.15) is 12.4 Å². The van der Waals surface area contributed by atoms with E-state index in [0.29, 0.717) is 17.9 Å². The first kappa shape index (κ1) is 15.7. The van der Waals surface area contributed by atoms with Gasteiger partial charge in [0.05, 0.1) is 25.9 Å². The molecule has 0 fully saturated rings. The first-order chi connectivity index (χ1) is 9.67. The highest BCUT2D eigenvalue weighted by molar-refractivity contribution is 5.89. The third kappa shape index (κ3) is 5.54. The van der Waals surface area contributed by atoms with E-state index in [9.17, 15) is 4.79 Å². The fourth-order valence-electron chi connectivity index (χ4n) is 1.42. The average molecular weight is 274 g/mol. The molecule has 0 saturated heterocycles. The highest BCUT2D eigenvalue weighted by atomic mass is 16.5. The van der Waals surface area contributed by atoms with Crippen LogP contribution in [-0.2, 0) is 16.1 Å². The Labute approximate surface area is 119 Å². The largest absolute Gasteiger partial charge is 0.490 e. The number of rotatable bonds is 7. The lowest BCUT2D eigenvalue weighted by Crippen LogP contribution is -2.72. The molecule has 0 saturated carbocycles. The molecule has 1 aromatic carbocycles. The number of carbonyl (C=O) groups is 1. The minimum Gasteiger partial charge on any atom is -0.490 e. The van der Waals surface area contributed by atoms with Crippen LogP contribution in [0.3, 0.4) is 0 Å². The van der Waals surface area contributed by atoms with Crippen LogP contribution < -0.4 is 5.32 Å². The summed E-state index contributed by atoms with van der Waals surface area (Å²) in [5.41, 5.74) is 1.49. The Hall–Kier alpha value is -2.33. The molecule has 0 aliphatic carbocycles. The first-order valence-corrected chi connectivity index (χ1v) is 6.29. The Kier molecular flexibility index (Phi) is 6.85. The predicted octanol–water partition coefficient (Wildman–Crippen LogP) is 1.77. The highest BCUT2D eigenvalue weighted by Crippen LogP contribution is 2.09. The summed E-state index contributed by atoms with van der Waals surface area (Å²) in [7, 11) is 3.31. The van der Waals surface area contributed by atoms with E-state index in [0.717, 1.165) is 5.56 Å². The maximum atomic E-state index is 11.3. The number of esters is 1. The van der Waals surface area contributed by atoms with Gasteiger partial charge in [0.25, 0.3) is 0 Å². The van der Waals surface area contributed by atoms with Crippen molar-refractivity contribution in [3.63, 3.8) is 0 Å². The second-order valence-electron chi connectivity index (χ2n) is 4.02. The molecular formula is C16H20NO3+. The summed E-state index contributed by atoms with van der Waals surface area (Å²) in [6.07, 6.45) is 7.49. The molecule has 0 bridgehead atoms. The van der Waals surface area contributed by atoms with Crippen LogP contribution in [0.1, 0.15) is 15.9 Å². The van der Waals surface area contributed by atoms with Gasteiger partial charge in [-0.05, 0) is 29.8 Å². The molecule has 20 heavy (non-hydrogen) atoms. The number of ether oxygens (including phenoxy) is 2. The lowest BCUT2D eigenvalue weighted by atomic mass is 10.1. The minimum atomic E-state index is -0.343. The smallest absolute Gasteiger partial charge is 0.337 e. The number of hydrogen-bond acceptors (Lipinski definition) is 3. The zero-order valence-corrected chi connectivity index (χ0v) is 11.8. The lowest BCUT2D eigenvalue weighted by Gasteiger charge is -2.06. The molecule has 0 amide bonds. The number of carbonyl (C=O) groups excluding carboxylic acids is 1. The first-order valence-electron chi connectivity index (χ1n) is 6.29. The number of quaternary nitrogens is 1. The van der Waals surface area contributed by atoms with E-state index >= 15 is 0 Å². The number of hydrogen-bond donors (Lipinski definition) is 1. The number of benzene rings is 1. The van der Waals surface area contributed by atoms with Crippen LogP contribution in [0.2, 0.25) is 0 Å². The average Bonchev–Trinajstić information content (AvgIpc) is 2.49. The fraction of sp³-hybridized carbons (Fsp3) is 0.188. The SMILES string of the molecule is C=C(C=CC=C[NH2+]C)OCc1ccc(C(=O)OC)cc1. The molecular weight excluding hydrogens is 254 g/mol. The van der Waals surface area contributed by atoms with Crippen LogP contribution in [0.4, 0.5) is 0 Å². The standard InChI is InChI=1S/C16H19NO3/c1-13(6-4-5-11-17-2)20-12-14-7-9-15(10-8-14)16(18)19-3/h4-11,17H,1,12H2,2-3H3/p+1. The van der Waals surface area contributed by atoms with Gasteiger partial charge in [-0.15, -0.1) is 0 Å². The van der Waals surface area contributed by atoms with E-state index in [1.165, 1.54) is 7.11 Å². The molecule has 106 valence electrons. The van der Waals surface area contributed by atoms with Gasteiger partial charge in [0, 0.05) is 0 Å². The highest BCUT2D eigenvalue weighted by Gasteiger charge is 2.04.